The van der Waals surface area contributed by atoms with E-state index in [2.05, 4.69) is 6.92 Å². The minimum absolute atomic E-state index is 0.0413. The number of hydrogen-bond donors (Lipinski definition) is 1. The molecule has 2 aliphatic rings. The van der Waals surface area contributed by atoms with Crippen molar-refractivity contribution in [1.29, 1.82) is 0 Å². The van der Waals surface area contributed by atoms with Crippen LogP contribution in [0.5, 0.6) is 0 Å². The Morgan fingerprint density at radius 2 is 1.80 bits per heavy atom. The second kappa shape index (κ2) is 5.34. The normalized spacial score (nSPS) is 37.6. The lowest BCUT2D eigenvalue weighted by Gasteiger charge is -2.24. The summed E-state index contributed by atoms with van der Waals surface area (Å²) in [7, 11) is 0. The van der Waals surface area contributed by atoms with E-state index in [0.717, 1.165) is 5.92 Å². The highest BCUT2D eigenvalue weighted by Gasteiger charge is 2.39. The van der Waals surface area contributed by atoms with Crippen molar-refractivity contribution < 1.29 is 5.11 Å². The van der Waals surface area contributed by atoms with Gasteiger partial charge in [-0.2, -0.15) is 0 Å². The molecule has 3 unspecified atom stereocenters. The van der Waals surface area contributed by atoms with E-state index in [1.165, 1.54) is 57.8 Å². The molecule has 0 spiro atoms. The molecule has 0 heterocycles. The van der Waals surface area contributed by atoms with Gasteiger partial charge in [0.2, 0.25) is 0 Å². The van der Waals surface area contributed by atoms with Crippen LogP contribution >= 0.6 is 0 Å². The maximum absolute atomic E-state index is 10.3. The van der Waals surface area contributed by atoms with Crippen LogP contribution in [0.1, 0.15) is 64.7 Å². The fourth-order valence-electron chi connectivity index (χ4n) is 3.78. The Labute approximate surface area is 94.3 Å². The van der Waals surface area contributed by atoms with Gasteiger partial charge in [0.1, 0.15) is 0 Å². The van der Waals surface area contributed by atoms with Gasteiger partial charge < -0.3 is 5.11 Å². The fraction of sp³-hybridized carbons (Fsp3) is 1.00. The van der Waals surface area contributed by atoms with E-state index < -0.39 is 0 Å². The molecule has 1 nitrogen and oxygen atoms in total. The molecule has 3 atom stereocenters. The van der Waals surface area contributed by atoms with Gasteiger partial charge >= 0.3 is 0 Å². The predicted molar refractivity (Wildman–Crippen MR) is 63.7 cm³/mol. The molecule has 0 aliphatic heterocycles. The van der Waals surface area contributed by atoms with Crippen molar-refractivity contribution in [2.24, 2.45) is 17.8 Å². The van der Waals surface area contributed by atoms with Crippen molar-refractivity contribution in [2.75, 3.05) is 0 Å². The first-order valence-electron chi connectivity index (χ1n) is 7.01. The molecule has 1 N–H and O–H groups in total. The summed E-state index contributed by atoms with van der Waals surface area (Å²) in [5, 5.41) is 10.3. The first-order valence-corrected chi connectivity index (χ1v) is 7.01. The van der Waals surface area contributed by atoms with Gasteiger partial charge in [0.05, 0.1) is 6.10 Å². The van der Waals surface area contributed by atoms with Crippen LogP contribution in [-0.2, 0) is 0 Å². The van der Waals surface area contributed by atoms with Crippen LogP contribution in [0.15, 0.2) is 0 Å². The Morgan fingerprint density at radius 1 is 1.07 bits per heavy atom. The van der Waals surface area contributed by atoms with Gasteiger partial charge in [0, 0.05) is 0 Å². The second-order valence-corrected chi connectivity index (χ2v) is 5.68. The SMILES string of the molecule is CCCCC1CCC(C2CCCC2)C1O. The van der Waals surface area contributed by atoms with E-state index in [9.17, 15) is 5.11 Å². The van der Waals surface area contributed by atoms with E-state index in [0.29, 0.717) is 11.8 Å². The van der Waals surface area contributed by atoms with Gasteiger partial charge in [-0.1, -0.05) is 45.4 Å². The lowest BCUT2D eigenvalue weighted by Crippen LogP contribution is -2.25. The van der Waals surface area contributed by atoms with Crippen LogP contribution < -0.4 is 0 Å². The summed E-state index contributed by atoms with van der Waals surface area (Å²) in [5.41, 5.74) is 0. The lowest BCUT2D eigenvalue weighted by atomic mass is 9.86. The van der Waals surface area contributed by atoms with Gasteiger partial charge in [-0.05, 0) is 37.0 Å². The molecule has 2 rings (SSSR count). The van der Waals surface area contributed by atoms with Crippen molar-refractivity contribution in [3.8, 4) is 0 Å². The summed E-state index contributed by atoms with van der Waals surface area (Å²) in [6.45, 7) is 2.25. The molecule has 0 bridgehead atoms. The molecule has 2 aliphatic carbocycles. The summed E-state index contributed by atoms with van der Waals surface area (Å²) < 4.78 is 0. The molecule has 0 amide bonds. The van der Waals surface area contributed by atoms with Gasteiger partial charge in [-0.25, -0.2) is 0 Å². The summed E-state index contributed by atoms with van der Waals surface area (Å²) in [4.78, 5) is 0. The molecule has 0 aromatic rings. The highest BCUT2D eigenvalue weighted by atomic mass is 16.3. The molecule has 1 heteroatoms. The Balaban J connectivity index is 1.83. The van der Waals surface area contributed by atoms with Crippen LogP contribution in [0.2, 0.25) is 0 Å². The van der Waals surface area contributed by atoms with Crippen molar-refractivity contribution in [3.63, 3.8) is 0 Å². The Hall–Kier alpha value is -0.0400. The molecule has 2 fully saturated rings. The average molecular weight is 210 g/mol. The molecular formula is C14H26O. The molecule has 88 valence electrons. The van der Waals surface area contributed by atoms with Crippen molar-refractivity contribution in [2.45, 2.75) is 70.8 Å². The van der Waals surface area contributed by atoms with Crippen LogP contribution in [0.3, 0.4) is 0 Å². The molecule has 0 aromatic carbocycles. The zero-order chi connectivity index (χ0) is 10.7. The summed E-state index contributed by atoms with van der Waals surface area (Å²) >= 11 is 0. The van der Waals surface area contributed by atoms with Crippen LogP contribution in [0.4, 0.5) is 0 Å². The van der Waals surface area contributed by atoms with Gasteiger partial charge in [0.25, 0.3) is 0 Å². The molecule has 15 heavy (non-hydrogen) atoms. The smallest absolute Gasteiger partial charge is 0.0599 e. The van der Waals surface area contributed by atoms with Gasteiger partial charge in [-0.15, -0.1) is 0 Å². The summed E-state index contributed by atoms with van der Waals surface area (Å²) in [6, 6.07) is 0. The third-order valence-corrected chi connectivity index (χ3v) is 4.73. The minimum atomic E-state index is 0.0413. The first-order chi connectivity index (χ1) is 7.33. The third-order valence-electron chi connectivity index (χ3n) is 4.73. The van der Waals surface area contributed by atoms with E-state index in [-0.39, 0.29) is 6.10 Å². The van der Waals surface area contributed by atoms with Gasteiger partial charge in [-0.3, -0.25) is 0 Å². The number of aliphatic hydroxyl groups excluding tert-OH is 1. The molecule has 2 saturated carbocycles. The number of hydrogen-bond acceptors (Lipinski definition) is 1. The summed E-state index contributed by atoms with van der Waals surface area (Å²) in [5.74, 6) is 2.16. The number of rotatable bonds is 4. The first kappa shape index (κ1) is 11.4. The van der Waals surface area contributed by atoms with E-state index in [1.807, 2.05) is 0 Å². The number of aliphatic hydroxyl groups is 1. The van der Waals surface area contributed by atoms with Crippen LogP contribution in [-0.4, -0.2) is 11.2 Å². The highest BCUT2D eigenvalue weighted by Crippen LogP contribution is 2.44. The quantitative estimate of drug-likeness (QED) is 0.749. The maximum atomic E-state index is 10.3. The highest BCUT2D eigenvalue weighted by molar-refractivity contribution is 4.89. The standard InChI is InChI=1S/C14H26O/c1-2-3-6-12-9-10-13(14(12)15)11-7-4-5-8-11/h11-15H,2-10H2,1H3. The van der Waals surface area contributed by atoms with Crippen LogP contribution in [0, 0.1) is 17.8 Å². The van der Waals surface area contributed by atoms with Crippen molar-refractivity contribution >= 4 is 0 Å². The predicted octanol–water partition coefficient (Wildman–Crippen LogP) is 3.75. The topological polar surface area (TPSA) is 20.2 Å². The maximum Gasteiger partial charge on any atom is 0.0599 e. The van der Waals surface area contributed by atoms with E-state index in [1.54, 1.807) is 0 Å². The largest absolute Gasteiger partial charge is 0.393 e. The minimum Gasteiger partial charge on any atom is -0.393 e. The Kier molecular flexibility index (Phi) is 4.07. The average Bonchev–Trinajstić information content (AvgIpc) is 2.84. The summed E-state index contributed by atoms with van der Waals surface area (Å²) in [6.07, 6.45) is 12.1. The Bertz CT molecular complexity index is 184. The fourth-order valence-corrected chi connectivity index (χ4v) is 3.78. The van der Waals surface area contributed by atoms with Crippen molar-refractivity contribution in [3.05, 3.63) is 0 Å². The molecular weight excluding hydrogens is 184 g/mol. The zero-order valence-electron chi connectivity index (χ0n) is 10.1. The zero-order valence-corrected chi connectivity index (χ0v) is 10.1. The van der Waals surface area contributed by atoms with E-state index in [4.69, 9.17) is 0 Å². The third kappa shape index (κ3) is 2.55. The number of unbranched alkanes of at least 4 members (excludes halogenated alkanes) is 1. The second-order valence-electron chi connectivity index (χ2n) is 5.68. The molecule has 0 saturated heterocycles. The monoisotopic (exact) mass is 210 g/mol. The molecule has 0 radical (unpaired) electrons. The Morgan fingerprint density at radius 3 is 2.47 bits per heavy atom. The lowest BCUT2D eigenvalue weighted by molar-refractivity contribution is 0.0613. The molecule has 0 aromatic heterocycles. The van der Waals surface area contributed by atoms with Crippen molar-refractivity contribution in [1.82, 2.24) is 0 Å². The van der Waals surface area contributed by atoms with E-state index >= 15 is 0 Å². The van der Waals surface area contributed by atoms with Crippen LogP contribution in [0.25, 0.3) is 0 Å². The van der Waals surface area contributed by atoms with Gasteiger partial charge in [0.15, 0.2) is 0 Å².